The van der Waals surface area contributed by atoms with Gasteiger partial charge in [0.2, 0.25) is 5.82 Å². The molecule has 0 fully saturated rings. The molecular formula is C24H15F3N4O5. The molecule has 4 aromatic rings. The van der Waals surface area contributed by atoms with Crippen LogP contribution in [0.25, 0.3) is 17.3 Å². The standard InChI is InChI=1S/C24H15F3N4O5/c25-16-6-2-7-17(26)15(16)11-18-23(30-19(24(32)33)10-13-4-3-9-36-13)28-12-20(29-18)14-5-1-8-21(22(14)27)31(34)35/h1-10,12H,11H2,(H,28,30)(H,32,33)/b19-10-. The summed E-state index contributed by atoms with van der Waals surface area (Å²) >= 11 is 0. The minimum Gasteiger partial charge on any atom is -0.477 e. The third-order valence-corrected chi connectivity index (χ3v) is 5.01. The van der Waals surface area contributed by atoms with Crippen LogP contribution in [0.5, 0.6) is 0 Å². The quantitative estimate of drug-likeness (QED) is 0.194. The lowest BCUT2D eigenvalue weighted by atomic mass is 10.1. The molecule has 0 saturated heterocycles. The van der Waals surface area contributed by atoms with Gasteiger partial charge in [-0.1, -0.05) is 12.1 Å². The molecule has 182 valence electrons. The normalized spacial score (nSPS) is 11.4. The highest BCUT2D eigenvalue weighted by molar-refractivity contribution is 5.95. The third-order valence-electron chi connectivity index (χ3n) is 5.01. The summed E-state index contributed by atoms with van der Waals surface area (Å²) in [4.78, 5) is 30.3. The number of carbonyl (C=O) groups is 1. The van der Waals surface area contributed by atoms with Crippen molar-refractivity contribution < 1.29 is 32.4 Å². The monoisotopic (exact) mass is 496 g/mol. The van der Waals surface area contributed by atoms with E-state index in [2.05, 4.69) is 15.3 Å². The highest BCUT2D eigenvalue weighted by Crippen LogP contribution is 2.30. The average Bonchev–Trinajstić information content (AvgIpc) is 3.35. The molecule has 12 heteroatoms. The lowest BCUT2D eigenvalue weighted by Crippen LogP contribution is -2.14. The van der Waals surface area contributed by atoms with Gasteiger partial charge in [-0.05, 0) is 30.3 Å². The molecule has 2 aromatic carbocycles. The number of aromatic nitrogens is 2. The zero-order chi connectivity index (χ0) is 25.8. The molecule has 36 heavy (non-hydrogen) atoms. The number of halogens is 3. The number of nitro groups is 1. The zero-order valence-corrected chi connectivity index (χ0v) is 18.1. The average molecular weight is 496 g/mol. The molecule has 0 saturated carbocycles. The molecule has 0 aliphatic heterocycles. The lowest BCUT2D eigenvalue weighted by molar-refractivity contribution is -0.387. The van der Waals surface area contributed by atoms with Crippen molar-refractivity contribution >= 4 is 23.6 Å². The molecule has 9 nitrogen and oxygen atoms in total. The summed E-state index contributed by atoms with van der Waals surface area (Å²) in [5.74, 6) is -4.34. The van der Waals surface area contributed by atoms with Crippen molar-refractivity contribution in [2.75, 3.05) is 5.32 Å². The van der Waals surface area contributed by atoms with Crippen LogP contribution in [0.15, 0.2) is 71.1 Å². The second-order valence-corrected chi connectivity index (χ2v) is 7.33. The summed E-state index contributed by atoms with van der Waals surface area (Å²) in [6.45, 7) is 0. The van der Waals surface area contributed by atoms with Gasteiger partial charge in [0, 0.05) is 29.7 Å². The maximum absolute atomic E-state index is 14.8. The molecule has 0 unspecified atom stereocenters. The number of carboxylic acids is 1. The fraction of sp³-hybridized carbons (Fsp3) is 0.0417. The van der Waals surface area contributed by atoms with Crippen molar-refractivity contribution in [2.24, 2.45) is 0 Å². The number of rotatable bonds is 8. The van der Waals surface area contributed by atoms with E-state index in [0.29, 0.717) is 0 Å². The van der Waals surface area contributed by atoms with Crippen molar-refractivity contribution in [1.29, 1.82) is 0 Å². The largest absolute Gasteiger partial charge is 0.477 e. The van der Waals surface area contributed by atoms with Gasteiger partial charge in [0.1, 0.15) is 23.1 Å². The second-order valence-electron chi connectivity index (χ2n) is 7.33. The fourth-order valence-electron chi connectivity index (χ4n) is 3.31. The Morgan fingerprint density at radius 3 is 2.47 bits per heavy atom. The lowest BCUT2D eigenvalue weighted by Gasteiger charge is -2.14. The van der Waals surface area contributed by atoms with Crippen molar-refractivity contribution in [3.05, 3.63) is 111 Å². The minimum absolute atomic E-state index is 0.144. The summed E-state index contributed by atoms with van der Waals surface area (Å²) in [6.07, 6.45) is 3.05. The number of benzene rings is 2. The molecule has 0 aliphatic rings. The Labute approximate surface area is 200 Å². The van der Waals surface area contributed by atoms with Gasteiger partial charge in [-0.15, -0.1) is 0 Å². The third kappa shape index (κ3) is 5.06. The number of carboxylic acid groups (broad SMARTS) is 1. The van der Waals surface area contributed by atoms with E-state index in [1.807, 2.05) is 0 Å². The Morgan fingerprint density at radius 2 is 1.83 bits per heavy atom. The first-order valence-electron chi connectivity index (χ1n) is 10.2. The number of hydrogen-bond donors (Lipinski definition) is 2. The molecule has 0 radical (unpaired) electrons. The van der Waals surface area contributed by atoms with Gasteiger partial charge in [-0.2, -0.15) is 4.39 Å². The maximum Gasteiger partial charge on any atom is 0.352 e. The Bertz CT molecular complexity index is 1470. The number of anilines is 1. The Balaban J connectivity index is 1.83. The molecule has 0 amide bonds. The van der Waals surface area contributed by atoms with Crippen LogP contribution in [0.2, 0.25) is 0 Å². The van der Waals surface area contributed by atoms with Crippen molar-refractivity contribution in [3.63, 3.8) is 0 Å². The maximum atomic E-state index is 14.8. The van der Waals surface area contributed by atoms with E-state index in [0.717, 1.165) is 30.5 Å². The smallest absolute Gasteiger partial charge is 0.352 e. The highest BCUT2D eigenvalue weighted by atomic mass is 19.1. The van der Waals surface area contributed by atoms with Gasteiger partial charge in [-0.3, -0.25) is 10.1 Å². The van der Waals surface area contributed by atoms with Crippen molar-refractivity contribution in [1.82, 2.24) is 9.97 Å². The predicted molar refractivity (Wildman–Crippen MR) is 121 cm³/mol. The minimum atomic E-state index is -1.40. The van der Waals surface area contributed by atoms with Crippen molar-refractivity contribution in [3.8, 4) is 11.3 Å². The van der Waals surface area contributed by atoms with Crippen LogP contribution in [0, 0.1) is 27.6 Å². The fourth-order valence-corrected chi connectivity index (χ4v) is 3.31. The van der Waals surface area contributed by atoms with Crippen LogP contribution in [-0.4, -0.2) is 26.0 Å². The first-order chi connectivity index (χ1) is 17.2. The Morgan fingerprint density at radius 1 is 1.11 bits per heavy atom. The topological polar surface area (TPSA) is 131 Å². The van der Waals surface area contributed by atoms with E-state index in [9.17, 15) is 33.2 Å². The van der Waals surface area contributed by atoms with Crippen LogP contribution in [0.1, 0.15) is 17.0 Å². The van der Waals surface area contributed by atoms with E-state index in [4.69, 9.17) is 4.42 Å². The number of aliphatic carboxylic acids is 1. The number of furan rings is 1. The first-order valence-corrected chi connectivity index (χ1v) is 10.2. The number of hydrogen-bond acceptors (Lipinski definition) is 7. The van der Waals surface area contributed by atoms with Gasteiger partial charge in [0.15, 0.2) is 5.82 Å². The van der Waals surface area contributed by atoms with Crippen LogP contribution in [-0.2, 0) is 11.2 Å². The molecule has 2 aromatic heterocycles. The van der Waals surface area contributed by atoms with Crippen LogP contribution in [0.3, 0.4) is 0 Å². The van der Waals surface area contributed by atoms with Crippen LogP contribution >= 0.6 is 0 Å². The van der Waals surface area contributed by atoms with Crippen molar-refractivity contribution in [2.45, 2.75) is 6.42 Å². The number of nitrogens with zero attached hydrogens (tertiary/aromatic N) is 3. The van der Waals surface area contributed by atoms with Gasteiger partial charge < -0.3 is 14.8 Å². The molecule has 0 aliphatic carbocycles. The van der Waals surface area contributed by atoms with Crippen LogP contribution in [0.4, 0.5) is 24.7 Å². The van der Waals surface area contributed by atoms with Gasteiger partial charge in [0.05, 0.1) is 28.8 Å². The summed E-state index contributed by atoms with van der Waals surface area (Å²) in [5, 5.41) is 23.3. The molecule has 0 spiro atoms. The number of nitro benzene ring substituents is 1. The van der Waals surface area contributed by atoms with Gasteiger partial charge in [-0.25, -0.2) is 23.5 Å². The van der Waals surface area contributed by atoms with Gasteiger partial charge in [0.25, 0.3) is 0 Å². The Kier molecular flexibility index (Phi) is 6.77. The molecule has 0 atom stereocenters. The summed E-state index contributed by atoms with van der Waals surface area (Å²) in [6, 6.07) is 9.71. The summed E-state index contributed by atoms with van der Waals surface area (Å²) in [7, 11) is 0. The van der Waals surface area contributed by atoms with E-state index in [-0.39, 0.29) is 28.5 Å². The zero-order valence-electron chi connectivity index (χ0n) is 18.1. The van der Waals surface area contributed by atoms with E-state index in [1.165, 1.54) is 30.5 Å². The SMILES string of the molecule is O=C(O)/C(=C/c1ccco1)Nc1ncc(-c2cccc([N+](=O)[O-])c2F)nc1Cc1c(F)cccc1F. The van der Waals surface area contributed by atoms with E-state index < -0.39 is 51.7 Å². The summed E-state index contributed by atoms with van der Waals surface area (Å²) in [5.41, 5.74) is -2.17. The van der Waals surface area contributed by atoms with E-state index in [1.54, 1.807) is 6.07 Å². The van der Waals surface area contributed by atoms with Gasteiger partial charge >= 0.3 is 11.7 Å². The highest BCUT2D eigenvalue weighted by Gasteiger charge is 2.22. The molecule has 4 rings (SSSR count). The van der Waals surface area contributed by atoms with Crippen LogP contribution < -0.4 is 5.32 Å². The first kappa shape index (κ1) is 24.1. The molecular weight excluding hydrogens is 481 g/mol. The Hall–Kier alpha value is -5.00. The molecule has 2 N–H and O–H groups in total. The predicted octanol–water partition coefficient (Wildman–Crippen LogP) is 5.19. The molecule has 0 bridgehead atoms. The molecule has 2 heterocycles. The number of nitrogens with one attached hydrogen (secondary N) is 1. The van der Waals surface area contributed by atoms with E-state index >= 15 is 0 Å². The summed E-state index contributed by atoms with van der Waals surface area (Å²) < 4.78 is 48.7. The second kappa shape index (κ2) is 10.1.